The third-order valence-electron chi connectivity index (χ3n) is 7.48. The average Bonchev–Trinajstić information content (AvgIpc) is 3.29. The standard InChI is InChI=1S/C23H22F5N7O3S2/c1-29-22(2-3-22)33-40(36,37)13-8-14-16(19-30-31-20(39-19)18(24)25)32-35(12-23(26,27)28)17(14)15(9-13)34-10-21(11-34)4-6-38-7-5-21/h8-9,18,33H,2-7,10-12H2. The monoisotopic (exact) mass is 603 g/mol. The van der Waals surface area contributed by atoms with E-state index in [-0.39, 0.29) is 37.6 Å². The van der Waals surface area contributed by atoms with Gasteiger partial charge in [-0.2, -0.15) is 18.3 Å². The highest BCUT2D eigenvalue weighted by atomic mass is 32.2. The van der Waals surface area contributed by atoms with Gasteiger partial charge >= 0.3 is 6.18 Å². The van der Waals surface area contributed by atoms with Crippen LogP contribution in [0.25, 0.3) is 26.4 Å². The number of hydrogen-bond donors (Lipinski definition) is 1. The van der Waals surface area contributed by atoms with Crippen LogP contribution in [0.1, 0.15) is 37.1 Å². The van der Waals surface area contributed by atoms with E-state index in [1.54, 1.807) is 4.90 Å². The zero-order valence-electron chi connectivity index (χ0n) is 20.7. The van der Waals surface area contributed by atoms with Crippen molar-refractivity contribution >= 4 is 38.0 Å². The minimum absolute atomic E-state index is 0.000298. The minimum atomic E-state index is -4.68. The van der Waals surface area contributed by atoms with Crippen molar-refractivity contribution in [2.24, 2.45) is 5.41 Å². The summed E-state index contributed by atoms with van der Waals surface area (Å²) >= 11 is 0.467. The van der Waals surface area contributed by atoms with Crippen LogP contribution in [0.4, 0.5) is 27.6 Å². The topological polar surface area (TPSA) is 107 Å². The third-order valence-corrected chi connectivity index (χ3v) is 9.92. The Bertz CT molecular complexity index is 1610. The Morgan fingerprint density at radius 2 is 1.85 bits per heavy atom. The first-order valence-electron chi connectivity index (χ1n) is 12.3. The first-order valence-corrected chi connectivity index (χ1v) is 14.6. The summed E-state index contributed by atoms with van der Waals surface area (Å²) in [5.41, 5.74) is -1.33. The number of sulfonamides is 1. The molecule has 2 aliphatic heterocycles. The van der Waals surface area contributed by atoms with Crippen LogP contribution in [0.15, 0.2) is 17.0 Å². The maximum absolute atomic E-state index is 13.7. The summed E-state index contributed by atoms with van der Waals surface area (Å²) in [5.74, 6) is 0. The summed E-state index contributed by atoms with van der Waals surface area (Å²) in [6.07, 6.45) is -5.46. The molecule has 10 nitrogen and oxygen atoms in total. The molecule has 2 saturated heterocycles. The van der Waals surface area contributed by atoms with Gasteiger partial charge in [0, 0.05) is 37.1 Å². The molecule has 6 rings (SSSR count). The molecule has 3 aliphatic rings. The number of aromatic nitrogens is 4. The number of halogens is 5. The molecule has 214 valence electrons. The summed E-state index contributed by atoms with van der Waals surface area (Å²) in [6.45, 7) is 7.91. The fourth-order valence-electron chi connectivity index (χ4n) is 5.25. The largest absolute Gasteiger partial charge is 0.408 e. The number of alkyl halides is 5. The van der Waals surface area contributed by atoms with E-state index in [4.69, 9.17) is 11.3 Å². The average molecular weight is 604 g/mol. The number of nitrogens with zero attached hydrogens (tertiary/aromatic N) is 6. The Morgan fingerprint density at radius 3 is 2.42 bits per heavy atom. The summed E-state index contributed by atoms with van der Waals surface area (Å²) in [4.78, 5) is 4.91. The van der Waals surface area contributed by atoms with Gasteiger partial charge in [0.25, 0.3) is 12.1 Å². The van der Waals surface area contributed by atoms with Crippen molar-refractivity contribution in [1.82, 2.24) is 24.7 Å². The molecule has 3 aromatic rings. The fraction of sp³-hybridized carbons (Fsp3) is 0.565. The molecule has 0 unspecified atom stereocenters. The molecule has 1 N–H and O–H groups in total. The molecule has 1 aliphatic carbocycles. The second-order valence-corrected chi connectivity index (χ2v) is 13.1. The van der Waals surface area contributed by atoms with Gasteiger partial charge in [-0.05, 0) is 25.0 Å². The number of hydrogen-bond acceptors (Lipinski definition) is 8. The Hall–Kier alpha value is -2.94. The normalized spacial score (nSPS) is 20.2. The molecule has 17 heteroatoms. The molecule has 3 fully saturated rings. The van der Waals surface area contributed by atoms with Crippen LogP contribution in [-0.4, -0.2) is 66.5 Å². The van der Waals surface area contributed by atoms with E-state index in [1.807, 2.05) is 0 Å². The summed E-state index contributed by atoms with van der Waals surface area (Å²) < 4.78 is 103. The molecule has 0 amide bonds. The second kappa shape index (κ2) is 9.29. The van der Waals surface area contributed by atoms with E-state index in [2.05, 4.69) is 24.9 Å². The van der Waals surface area contributed by atoms with Crippen LogP contribution in [0, 0.1) is 12.0 Å². The van der Waals surface area contributed by atoms with Gasteiger partial charge < -0.3 is 9.64 Å². The number of rotatable bonds is 7. The van der Waals surface area contributed by atoms with E-state index in [9.17, 15) is 30.4 Å². The van der Waals surface area contributed by atoms with Gasteiger partial charge in [-0.3, -0.25) is 9.53 Å². The van der Waals surface area contributed by atoms with E-state index in [0.717, 1.165) is 18.9 Å². The summed E-state index contributed by atoms with van der Waals surface area (Å²) in [6, 6.07) is 2.45. The summed E-state index contributed by atoms with van der Waals surface area (Å²) in [7, 11) is -4.29. The van der Waals surface area contributed by atoms with Crippen LogP contribution >= 0.6 is 11.3 Å². The lowest BCUT2D eigenvalue weighted by Crippen LogP contribution is -2.58. The smallest absolute Gasteiger partial charge is 0.381 e. The molecule has 0 atom stereocenters. The lowest BCUT2D eigenvalue weighted by Gasteiger charge is -2.53. The molecule has 40 heavy (non-hydrogen) atoms. The Kier molecular flexibility index (Phi) is 6.33. The molecule has 0 bridgehead atoms. The maximum Gasteiger partial charge on any atom is 0.408 e. The Morgan fingerprint density at radius 1 is 1.15 bits per heavy atom. The molecule has 1 spiro atoms. The predicted octanol–water partition coefficient (Wildman–Crippen LogP) is 4.36. The molecular weight excluding hydrogens is 581 g/mol. The number of ether oxygens (including phenoxy) is 1. The van der Waals surface area contributed by atoms with Gasteiger partial charge in [-0.15, -0.1) is 14.9 Å². The van der Waals surface area contributed by atoms with Crippen molar-refractivity contribution in [2.75, 3.05) is 31.2 Å². The first-order chi connectivity index (χ1) is 18.8. The number of fused-ring (bicyclic) bond motifs is 1. The maximum atomic E-state index is 13.7. The van der Waals surface area contributed by atoms with E-state index in [1.165, 1.54) is 6.07 Å². The van der Waals surface area contributed by atoms with E-state index >= 15 is 0 Å². The van der Waals surface area contributed by atoms with Crippen molar-refractivity contribution in [1.29, 1.82) is 0 Å². The molecule has 4 heterocycles. The van der Waals surface area contributed by atoms with Crippen LogP contribution in [0.5, 0.6) is 0 Å². The molecule has 1 aromatic carbocycles. The van der Waals surface area contributed by atoms with Crippen LogP contribution in [0.2, 0.25) is 0 Å². The Balaban J connectivity index is 1.54. The SMILES string of the molecule is [C-]#[N+]C1(NS(=O)(=O)c2cc(N3CC4(CCOCC4)C3)c3c(c2)c(-c2nnc(C(F)F)s2)nn3CC(F)(F)F)CC1. The van der Waals surface area contributed by atoms with Gasteiger partial charge in [-0.25, -0.2) is 23.8 Å². The van der Waals surface area contributed by atoms with Crippen molar-refractivity contribution in [2.45, 2.75) is 55.4 Å². The highest BCUT2D eigenvalue weighted by molar-refractivity contribution is 7.89. The van der Waals surface area contributed by atoms with Crippen LogP contribution in [0.3, 0.4) is 0 Å². The Labute approximate surface area is 229 Å². The minimum Gasteiger partial charge on any atom is -0.381 e. The molecule has 1 saturated carbocycles. The van der Waals surface area contributed by atoms with E-state index < -0.39 is 39.8 Å². The van der Waals surface area contributed by atoms with Gasteiger partial charge in [0.1, 0.15) is 12.2 Å². The predicted molar refractivity (Wildman–Crippen MR) is 133 cm³/mol. The van der Waals surface area contributed by atoms with Gasteiger partial charge in [0.15, 0.2) is 10.0 Å². The lowest BCUT2D eigenvalue weighted by atomic mass is 9.73. The van der Waals surface area contributed by atoms with Crippen molar-refractivity contribution < 1.29 is 35.1 Å². The highest BCUT2D eigenvalue weighted by Gasteiger charge is 2.54. The van der Waals surface area contributed by atoms with Crippen LogP contribution < -0.4 is 9.62 Å². The van der Waals surface area contributed by atoms with Crippen molar-refractivity contribution in [3.63, 3.8) is 0 Å². The first kappa shape index (κ1) is 27.2. The number of anilines is 1. The van der Waals surface area contributed by atoms with Gasteiger partial charge in [0.05, 0.1) is 28.9 Å². The fourth-order valence-corrected chi connectivity index (χ4v) is 7.35. The third kappa shape index (κ3) is 4.91. The number of nitrogens with one attached hydrogen (secondary N) is 1. The zero-order valence-corrected chi connectivity index (χ0v) is 22.3. The van der Waals surface area contributed by atoms with Crippen LogP contribution in [-0.2, 0) is 21.3 Å². The summed E-state index contributed by atoms with van der Waals surface area (Å²) in [5, 5.41) is 10.4. The number of benzene rings is 1. The van der Waals surface area contributed by atoms with Gasteiger partial charge in [-0.1, -0.05) is 11.3 Å². The van der Waals surface area contributed by atoms with Gasteiger partial charge in [0.2, 0.25) is 10.0 Å². The van der Waals surface area contributed by atoms with Crippen molar-refractivity contribution in [3.8, 4) is 10.7 Å². The quantitative estimate of drug-likeness (QED) is 0.316. The molecular formula is C23H22F5N7O3S2. The van der Waals surface area contributed by atoms with Crippen molar-refractivity contribution in [3.05, 3.63) is 28.6 Å². The second-order valence-electron chi connectivity index (χ2n) is 10.4. The highest BCUT2D eigenvalue weighted by Crippen LogP contribution is 2.47. The lowest BCUT2D eigenvalue weighted by molar-refractivity contribution is -0.141. The molecule has 0 radical (unpaired) electrons. The van der Waals surface area contributed by atoms with E-state index in [0.29, 0.717) is 55.2 Å². The zero-order chi connectivity index (χ0) is 28.5. The molecule has 2 aromatic heterocycles.